The fourth-order valence-electron chi connectivity index (χ4n) is 8.94. The first-order valence-electron chi connectivity index (χ1n) is 18.1. The topological polar surface area (TPSA) is 115 Å². The van der Waals surface area contributed by atoms with Gasteiger partial charge in [0, 0.05) is 49.4 Å². The molecule has 0 saturated heterocycles. The summed E-state index contributed by atoms with van der Waals surface area (Å²) in [6.07, 6.45) is 12.1. The summed E-state index contributed by atoms with van der Waals surface area (Å²) in [5.41, 5.74) is 3.77. The highest BCUT2D eigenvalue weighted by Gasteiger charge is 2.54. The van der Waals surface area contributed by atoms with Gasteiger partial charge in [-0.2, -0.15) is 5.10 Å². The van der Waals surface area contributed by atoms with E-state index < -0.39 is 27.0 Å². The highest BCUT2D eigenvalue weighted by Crippen LogP contribution is 2.61. The van der Waals surface area contributed by atoms with Gasteiger partial charge < -0.3 is 14.4 Å². The number of anilines is 1. The van der Waals surface area contributed by atoms with Crippen molar-refractivity contribution in [1.29, 1.82) is 0 Å². The third-order valence-corrected chi connectivity index (χ3v) is 14.9. The van der Waals surface area contributed by atoms with Crippen molar-refractivity contribution in [3.63, 3.8) is 0 Å². The lowest BCUT2D eigenvalue weighted by atomic mass is 9.68. The SMILES string of the molecule is COC1/C=C/CC(C)C(C)S(=O)(NC(=O)c2cnn(C)c2)=NC(=O)c2ccc3c(c2)N(CC2CCC21)CC1(CO3)CC2CC2c2cc(Cl)ccc21. The van der Waals surface area contributed by atoms with Crippen LogP contribution in [-0.4, -0.2) is 64.0 Å². The van der Waals surface area contributed by atoms with E-state index in [1.807, 2.05) is 25.1 Å². The summed E-state index contributed by atoms with van der Waals surface area (Å²) in [5, 5.41) is 4.20. The minimum absolute atomic E-state index is 0.0622. The fourth-order valence-corrected chi connectivity index (χ4v) is 11.0. The number of hydrogen-bond acceptors (Lipinski definition) is 7. The number of hydrogen-bond donors (Lipinski definition) is 1. The molecule has 0 radical (unpaired) electrons. The summed E-state index contributed by atoms with van der Waals surface area (Å²) >= 11 is 6.54. The summed E-state index contributed by atoms with van der Waals surface area (Å²) in [7, 11) is -0.123. The van der Waals surface area contributed by atoms with Gasteiger partial charge in [-0.3, -0.25) is 19.0 Å². The second kappa shape index (κ2) is 13.1. The quantitative estimate of drug-likeness (QED) is 0.299. The van der Waals surface area contributed by atoms with Gasteiger partial charge in [0.15, 0.2) is 0 Å². The first kappa shape index (κ1) is 34.4. The van der Waals surface area contributed by atoms with Crippen molar-refractivity contribution in [2.24, 2.45) is 35.1 Å². The van der Waals surface area contributed by atoms with Crippen LogP contribution in [0.1, 0.15) is 83.7 Å². The lowest BCUT2D eigenvalue weighted by molar-refractivity contribution is 0.0131. The Hall–Kier alpha value is -3.67. The lowest BCUT2D eigenvalue weighted by Gasteiger charge is -2.46. The molecular formula is C39H46ClN5O5S. The molecule has 51 heavy (non-hydrogen) atoms. The van der Waals surface area contributed by atoms with E-state index in [1.54, 1.807) is 33.3 Å². The molecule has 3 aliphatic carbocycles. The van der Waals surface area contributed by atoms with Crippen LogP contribution in [0.25, 0.3) is 0 Å². The van der Waals surface area contributed by atoms with Crippen molar-refractivity contribution in [2.45, 2.75) is 68.6 Å². The van der Waals surface area contributed by atoms with Gasteiger partial charge in [0.2, 0.25) is 0 Å². The molecular weight excluding hydrogens is 686 g/mol. The van der Waals surface area contributed by atoms with E-state index >= 15 is 0 Å². The Bertz CT molecular complexity index is 2040. The van der Waals surface area contributed by atoms with Crippen molar-refractivity contribution in [2.75, 3.05) is 31.7 Å². The Morgan fingerprint density at radius 1 is 1.16 bits per heavy atom. The number of rotatable bonds is 3. The molecule has 3 heterocycles. The molecule has 1 aromatic heterocycles. The van der Waals surface area contributed by atoms with Gasteiger partial charge in [-0.25, -0.2) is 4.21 Å². The predicted molar refractivity (Wildman–Crippen MR) is 198 cm³/mol. The number of aromatic nitrogens is 2. The van der Waals surface area contributed by atoms with Crippen molar-refractivity contribution in [3.8, 4) is 5.75 Å². The molecule has 10 nitrogen and oxygen atoms in total. The molecule has 270 valence electrons. The monoisotopic (exact) mass is 731 g/mol. The van der Waals surface area contributed by atoms with Crippen LogP contribution in [-0.2, 0) is 27.1 Å². The maximum absolute atomic E-state index is 14.8. The van der Waals surface area contributed by atoms with Gasteiger partial charge in [-0.15, -0.1) is 4.36 Å². The Balaban J connectivity index is 1.22. The third-order valence-electron chi connectivity index (χ3n) is 12.3. The fraction of sp³-hybridized carbons (Fsp3) is 0.513. The zero-order valence-electron chi connectivity index (χ0n) is 29.6. The van der Waals surface area contributed by atoms with Crippen LogP contribution < -0.4 is 14.4 Å². The van der Waals surface area contributed by atoms with E-state index in [2.05, 4.69) is 43.4 Å². The van der Waals surface area contributed by atoms with Gasteiger partial charge in [-0.1, -0.05) is 36.7 Å². The van der Waals surface area contributed by atoms with Crippen molar-refractivity contribution < 1.29 is 23.3 Å². The summed E-state index contributed by atoms with van der Waals surface area (Å²) in [4.78, 5) is 29.9. The normalized spacial score (nSPS) is 34.8. The highest BCUT2D eigenvalue weighted by atomic mass is 35.5. The Morgan fingerprint density at radius 3 is 2.75 bits per heavy atom. The van der Waals surface area contributed by atoms with Crippen LogP contribution in [0.5, 0.6) is 5.75 Å². The van der Waals surface area contributed by atoms with Crippen LogP contribution in [0.15, 0.2) is 65.3 Å². The number of nitrogens with zero attached hydrogens (tertiary/aromatic N) is 4. The van der Waals surface area contributed by atoms with Crippen LogP contribution >= 0.6 is 11.6 Å². The highest BCUT2D eigenvalue weighted by molar-refractivity contribution is 7.93. The number of benzene rings is 2. The molecule has 9 atom stereocenters. The molecule has 2 aliphatic heterocycles. The van der Waals surface area contributed by atoms with Crippen molar-refractivity contribution in [1.82, 2.24) is 14.5 Å². The molecule has 1 N–H and O–H groups in total. The summed E-state index contributed by atoms with van der Waals surface area (Å²) in [5.74, 6) is 1.18. The number of halogens is 1. The number of allylic oxidation sites excluding steroid dienone is 1. The summed E-state index contributed by atoms with van der Waals surface area (Å²) in [6, 6.07) is 11.7. The van der Waals surface area contributed by atoms with Crippen LogP contribution in [0.3, 0.4) is 0 Å². The lowest BCUT2D eigenvalue weighted by Crippen LogP contribution is -2.49. The number of nitrogens with one attached hydrogen (secondary N) is 1. The molecule has 2 aromatic carbocycles. The van der Waals surface area contributed by atoms with E-state index in [0.29, 0.717) is 48.0 Å². The standard InChI is InChI=1S/C39H46ClN5O5S/c1-23-6-5-7-35(49-4)30-11-8-26(30)20-45-21-39(17-27-14-31(27)32-16-29(40)10-12-33(32)39)22-50-36-13-9-25(15-34(36)45)37(46)42-51(48,24(23)2)43-38(47)28-18-41-44(3)19-28/h5,7,9-10,12-13,15-16,18-19,23-24,26-27,30-31,35H,6,8,11,14,17,20-22H2,1-4H3,(H,42,43,46,47,48)/b7-5+. The van der Waals surface area contributed by atoms with E-state index in [1.165, 1.54) is 28.4 Å². The zero-order chi connectivity index (χ0) is 35.7. The number of amides is 2. The smallest absolute Gasteiger partial charge is 0.286 e. The van der Waals surface area contributed by atoms with E-state index in [0.717, 1.165) is 43.1 Å². The maximum Gasteiger partial charge on any atom is 0.286 e. The summed E-state index contributed by atoms with van der Waals surface area (Å²) < 4.78 is 36.1. The maximum atomic E-state index is 14.8. The zero-order valence-corrected chi connectivity index (χ0v) is 31.2. The van der Waals surface area contributed by atoms with Gasteiger partial charge in [0.05, 0.1) is 35.4 Å². The van der Waals surface area contributed by atoms with E-state index in [4.69, 9.17) is 21.1 Å². The molecule has 5 aliphatic rings. The van der Waals surface area contributed by atoms with Crippen molar-refractivity contribution >= 4 is 39.0 Å². The van der Waals surface area contributed by atoms with Gasteiger partial charge in [0.25, 0.3) is 11.8 Å². The predicted octanol–water partition coefficient (Wildman–Crippen LogP) is 6.70. The Kier molecular flexibility index (Phi) is 8.82. The largest absolute Gasteiger partial charge is 0.490 e. The van der Waals surface area contributed by atoms with Crippen LogP contribution in [0, 0.1) is 23.7 Å². The minimum atomic E-state index is -3.59. The second-order valence-electron chi connectivity index (χ2n) is 15.5. The van der Waals surface area contributed by atoms with Gasteiger partial charge >= 0.3 is 0 Å². The van der Waals surface area contributed by atoms with E-state index in [-0.39, 0.29) is 23.0 Å². The Morgan fingerprint density at radius 2 is 2.00 bits per heavy atom. The first-order valence-corrected chi connectivity index (χ1v) is 20.0. The van der Waals surface area contributed by atoms with Gasteiger partial charge in [0.1, 0.15) is 15.7 Å². The molecule has 9 unspecified atom stereocenters. The molecule has 12 heteroatoms. The third kappa shape index (κ3) is 6.29. The second-order valence-corrected chi connectivity index (χ2v) is 18.2. The molecule has 2 saturated carbocycles. The van der Waals surface area contributed by atoms with E-state index in [9.17, 15) is 13.8 Å². The minimum Gasteiger partial charge on any atom is -0.490 e. The molecule has 2 fully saturated rings. The average molecular weight is 732 g/mol. The average Bonchev–Trinajstić information content (AvgIpc) is 3.78. The molecule has 1 spiro atoms. The molecule has 3 aromatic rings. The number of aryl methyl sites for hydroxylation is 1. The summed E-state index contributed by atoms with van der Waals surface area (Å²) in [6.45, 7) is 5.79. The Labute approximate surface area is 305 Å². The van der Waals surface area contributed by atoms with Crippen LogP contribution in [0.2, 0.25) is 5.02 Å². The first-order chi connectivity index (χ1) is 24.5. The number of fused-ring (bicyclic) bond motifs is 6. The molecule has 8 rings (SSSR count). The number of carbonyl (C=O) groups is 2. The number of ether oxygens (including phenoxy) is 2. The molecule has 2 bridgehead atoms. The number of methoxy groups -OCH3 is 1. The van der Waals surface area contributed by atoms with Crippen LogP contribution in [0.4, 0.5) is 5.69 Å². The van der Waals surface area contributed by atoms with Gasteiger partial charge in [-0.05, 0) is 110 Å². The molecule has 2 amide bonds. The van der Waals surface area contributed by atoms with Crippen molar-refractivity contribution in [3.05, 3.63) is 88.2 Å². The number of carbonyl (C=O) groups excluding carboxylic acids is 2.